The molecule has 0 aliphatic carbocycles. The normalized spacial score (nSPS) is 10.8. The Kier molecular flexibility index (Phi) is 7.52. The van der Waals surface area contributed by atoms with Gasteiger partial charge in [-0.05, 0) is 57.2 Å². The molecule has 0 heterocycles. The van der Waals surface area contributed by atoms with Gasteiger partial charge in [-0.25, -0.2) is 9.18 Å². The van der Waals surface area contributed by atoms with Gasteiger partial charge in [-0.1, -0.05) is 17.7 Å². The molecule has 0 unspecified atom stereocenters. The molecule has 0 atom stereocenters. The molecule has 0 fully saturated rings. The summed E-state index contributed by atoms with van der Waals surface area (Å²) in [6, 6.07) is 12.4. The Morgan fingerprint density at radius 2 is 1.63 bits per heavy atom. The van der Waals surface area contributed by atoms with Crippen molar-refractivity contribution in [3.8, 4) is 5.75 Å². The van der Waals surface area contributed by atoms with Crippen LogP contribution in [0.15, 0.2) is 48.5 Å². The van der Waals surface area contributed by atoms with E-state index in [0.717, 1.165) is 10.5 Å². The molecule has 8 heteroatoms. The van der Waals surface area contributed by atoms with Crippen molar-refractivity contribution in [1.29, 1.82) is 0 Å². The third kappa shape index (κ3) is 6.88. The number of ether oxygens (including phenoxy) is 2. The second kappa shape index (κ2) is 9.87. The van der Waals surface area contributed by atoms with Crippen molar-refractivity contribution >= 4 is 23.5 Å². The minimum atomic E-state index is -1.39. The van der Waals surface area contributed by atoms with Crippen LogP contribution in [-0.2, 0) is 19.1 Å². The van der Waals surface area contributed by atoms with E-state index in [4.69, 9.17) is 9.47 Å². The van der Waals surface area contributed by atoms with Crippen LogP contribution < -0.4 is 10.1 Å². The second-order valence-corrected chi connectivity index (χ2v) is 7.31. The predicted molar refractivity (Wildman–Crippen MR) is 110 cm³/mol. The number of halogens is 1. The molecule has 0 radical (unpaired) electrons. The minimum Gasteiger partial charge on any atom is -0.476 e. The number of rotatable bonds is 8. The Morgan fingerprint density at radius 3 is 2.23 bits per heavy atom. The molecule has 2 aromatic rings. The van der Waals surface area contributed by atoms with Gasteiger partial charge in [0.05, 0.1) is 6.54 Å². The number of anilines is 1. The van der Waals surface area contributed by atoms with Crippen LogP contribution in [0.1, 0.15) is 19.4 Å². The van der Waals surface area contributed by atoms with Crippen molar-refractivity contribution in [1.82, 2.24) is 4.90 Å². The Hall–Kier alpha value is -3.42. The predicted octanol–water partition coefficient (Wildman–Crippen LogP) is 2.93. The Morgan fingerprint density at radius 1 is 1.03 bits per heavy atom. The van der Waals surface area contributed by atoms with Crippen LogP contribution in [0.2, 0.25) is 0 Å². The largest absolute Gasteiger partial charge is 0.476 e. The molecule has 0 saturated carbocycles. The number of likely N-dealkylation sites (N-methyl/N-ethyl adjacent to an activating group) is 1. The van der Waals surface area contributed by atoms with Gasteiger partial charge in [-0.3, -0.25) is 9.59 Å². The van der Waals surface area contributed by atoms with Gasteiger partial charge >= 0.3 is 5.97 Å². The van der Waals surface area contributed by atoms with E-state index in [2.05, 4.69) is 5.32 Å². The van der Waals surface area contributed by atoms with E-state index in [1.807, 2.05) is 19.1 Å². The van der Waals surface area contributed by atoms with Crippen molar-refractivity contribution < 1.29 is 28.2 Å². The van der Waals surface area contributed by atoms with Gasteiger partial charge in [0, 0.05) is 12.7 Å². The SMILES string of the molecule is Cc1ccc(NC(=O)CN(C)C(=O)COC(=O)C(C)(C)Oc2ccc(F)cc2)cc1. The van der Waals surface area contributed by atoms with Crippen LogP contribution in [0.4, 0.5) is 10.1 Å². The lowest BCUT2D eigenvalue weighted by atomic mass is 10.1. The van der Waals surface area contributed by atoms with Gasteiger partial charge in [0.1, 0.15) is 11.6 Å². The molecule has 2 amide bonds. The van der Waals surface area contributed by atoms with Gasteiger partial charge < -0.3 is 19.7 Å². The summed E-state index contributed by atoms with van der Waals surface area (Å²) in [6.45, 7) is 4.15. The average Bonchev–Trinajstić information content (AvgIpc) is 2.69. The zero-order valence-corrected chi connectivity index (χ0v) is 17.4. The summed E-state index contributed by atoms with van der Waals surface area (Å²) in [6.07, 6.45) is 0. The minimum absolute atomic E-state index is 0.195. The first-order valence-electron chi connectivity index (χ1n) is 9.29. The topological polar surface area (TPSA) is 84.9 Å². The van der Waals surface area contributed by atoms with E-state index < -0.39 is 29.9 Å². The lowest BCUT2D eigenvalue weighted by Crippen LogP contribution is -2.42. The van der Waals surface area contributed by atoms with Crippen LogP contribution in [0.3, 0.4) is 0 Å². The van der Waals surface area contributed by atoms with Crippen molar-refractivity contribution in [3.05, 3.63) is 59.9 Å². The van der Waals surface area contributed by atoms with E-state index in [1.54, 1.807) is 12.1 Å². The van der Waals surface area contributed by atoms with Crippen LogP contribution >= 0.6 is 0 Å². The first-order chi connectivity index (χ1) is 14.1. The highest BCUT2D eigenvalue weighted by Crippen LogP contribution is 2.20. The standard InChI is InChI=1S/C22H25FN2O5/c1-15-5-9-17(10-6-15)24-19(26)13-25(4)20(27)14-29-21(28)22(2,3)30-18-11-7-16(23)8-12-18/h5-12H,13-14H2,1-4H3,(H,24,26). The summed E-state index contributed by atoms with van der Waals surface area (Å²) in [5.74, 6) is -1.82. The molecule has 1 N–H and O–H groups in total. The summed E-state index contributed by atoms with van der Waals surface area (Å²) >= 11 is 0. The Labute approximate surface area is 174 Å². The van der Waals surface area contributed by atoms with Crippen LogP contribution in [0.5, 0.6) is 5.75 Å². The molecule has 7 nitrogen and oxygen atoms in total. The first kappa shape index (κ1) is 22.9. The van der Waals surface area contributed by atoms with Crippen molar-refractivity contribution in [2.24, 2.45) is 0 Å². The van der Waals surface area contributed by atoms with E-state index in [-0.39, 0.29) is 18.2 Å². The lowest BCUT2D eigenvalue weighted by molar-refractivity contribution is -0.163. The monoisotopic (exact) mass is 416 g/mol. The van der Waals surface area contributed by atoms with E-state index >= 15 is 0 Å². The maximum atomic E-state index is 13.0. The van der Waals surface area contributed by atoms with E-state index in [9.17, 15) is 18.8 Å². The van der Waals surface area contributed by atoms with Gasteiger partial charge in [-0.2, -0.15) is 0 Å². The summed E-state index contributed by atoms with van der Waals surface area (Å²) in [5, 5.41) is 2.69. The number of hydrogen-bond acceptors (Lipinski definition) is 5. The number of carbonyl (C=O) groups is 3. The number of nitrogens with one attached hydrogen (secondary N) is 1. The fraction of sp³-hybridized carbons (Fsp3) is 0.318. The third-order valence-corrected chi connectivity index (χ3v) is 4.15. The summed E-state index contributed by atoms with van der Waals surface area (Å²) in [5.41, 5.74) is 0.297. The zero-order valence-electron chi connectivity index (χ0n) is 17.4. The molecule has 0 aromatic heterocycles. The van der Waals surface area contributed by atoms with Gasteiger partial charge in [0.25, 0.3) is 5.91 Å². The molecule has 0 bridgehead atoms. The number of hydrogen-bond donors (Lipinski definition) is 1. The summed E-state index contributed by atoms with van der Waals surface area (Å²) in [7, 11) is 1.44. The highest BCUT2D eigenvalue weighted by Gasteiger charge is 2.32. The Bertz CT molecular complexity index is 895. The van der Waals surface area contributed by atoms with Gasteiger partial charge in [-0.15, -0.1) is 0 Å². The van der Waals surface area contributed by atoms with Crippen molar-refractivity contribution in [2.45, 2.75) is 26.4 Å². The van der Waals surface area contributed by atoms with Crippen LogP contribution in [0.25, 0.3) is 0 Å². The highest BCUT2D eigenvalue weighted by molar-refractivity contribution is 5.94. The number of esters is 1. The maximum Gasteiger partial charge on any atom is 0.350 e. The van der Waals surface area contributed by atoms with E-state index in [1.165, 1.54) is 45.2 Å². The van der Waals surface area contributed by atoms with Crippen molar-refractivity contribution in [2.75, 3.05) is 25.5 Å². The molecule has 0 aliphatic rings. The third-order valence-electron chi connectivity index (χ3n) is 4.15. The smallest absolute Gasteiger partial charge is 0.350 e. The Balaban J connectivity index is 1.81. The number of carbonyl (C=O) groups excluding carboxylic acids is 3. The van der Waals surface area contributed by atoms with Crippen LogP contribution in [0, 0.1) is 12.7 Å². The van der Waals surface area contributed by atoms with Crippen molar-refractivity contribution in [3.63, 3.8) is 0 Å². The molecule has 0 saturated heterocycles. The molecule has 2 aromatic carbocycles. The van der Waals surface area contributed by atoms with Gasteiger partial charge in [0.15, 0.2) is 12.2 Å². The first-order valence-corrected chi connectivity index (χ1v) is 9.29. The molecule has 160 valence electrons. The maximum absolute atomic E-state index is 13.0. The van der Waals surface area contributed by atoms with Crippen LogP contribution in [-0.4, -0.2) is 48.5 Å². The molecule has 0 aliphatic heterocycles. The highest BCUT2D eigenvalue weighted by atomic mass is 19.1. The fourth-order valence-electron chi connectivity index (χ4n) is 2.39. The molecule has 2 rings (SSSR count). The van der Waals surface area contributed by atoms with Gasteiger partial charge in [0.2, 0.25) is 5.91 Å². The number of benzene rings is 2. The van der Waals surface area contributed by atoms with E-state index in [0.29, 0.717) is 5.69 Å². The fourth-order valence-corrected chi connectivity index (χ4v) is 2.39. The second-order valence-electron chi connectivity index (χ2n) is 7.31. The quantitative estimate of drug-likeness (QED) is 0.669. The molecule has 30 heavy (non-hydrogen) atoms. The summed E-state index contributed by atoms with van der Waals surface area (Å²) in [4.78, 5) is 37.7. The average molecular weight is 416 g/mol. The number of aryl methyl sites for hydroxylation is 1. The summed E-state index contributed by atoms with van der Waals surface area (Å²) < 4.78 is 23.5. The lowest BCUT2D eigenvalue weighted by Gasteiger charge is -2.25. The zero-order chi connectivity index (χ0) is 22.3. The number of nitrogens with zero attached hydrogens (tertiary/aromatic N) is 1. The molecular formula is C22H25FN2O5. The molecule has 0 spiro atoms. The number of amides is 2. The molecular weight excluding hydrogens is 391 g/mol.